The minimum atomic E-state index is -4.18. The molecule has 0 heterocycles. The smallest absolute Gasteiger partial charge is 0.264 e. The van der Waals surface area contributed by atoms with E-state index in [1.165, 1.54) is 73.8 Å². The molecule has 13 heteroatoms. The molecule has 0 aliphatic heterocycles. The molecule has 4 rings (SSSR count). The van der Waals surface area contributed by atoms with Gasteiger partial charge in [0.05, 0.1) is 28.3 Å². The van der Waals surface area contributed by atoms with Crippen LogP contribution in [0.3, 0.4) is 0 Å². The summed E-state index contributed by atoms with van der Waals surface area (Å²) in [5.74, 6) is -0.190. The SMILES string of the molecule is COc1ccc(S(=O)(=O)N(CC(=O)Nc2ccc(S(=O)(=O)Nc3ccc(C)c(Cl)c3)cc2)c2cccc(Cl)c2)cc1. The number of carbonyl (C=O) groups is 1. The van der Waals surface area contributed by atoms with Crippen LogP contribution in [0.1, 0.15) is 5.56 Å². The Morgan fingerprint density at radius 1 is 0.829 bits per heavy atom. The molecule has 0 bridgehead atoms. The van der Waals surface area contributed by atoms with Crippen molar-refractivity contribution in [2.45, 2.75) is 16.7 Å². The second kappa shape index (κ2) is 12.4. The molecule has 41 heavy (non-hydrogen) atoms. The van der Waals surface area contributed by atoms with Gasteiger partial charge in [-0.1, -0.05) is 35.3 Å². The Kier molecular flexibility index (Phi) is 9.13. The van der Waals surface area contributed by atoms with E-state index in [-0.39, 0.29) is 26.2 Å². The molecule has 0 aliphatic rings. The number of carbonyl (C=O) groups excluding carboxylic acids is 1. The molecule has 0 atom stereocenters. The quantitative estimate of drug-likeness (QED) is 0.223. The summed E-state index contributed by atoms with van der Waals surface area (Å²) in [6.07, 6.45) is 0. The van der Waals surface area contributed by atoms with Gasteiger partial charge >= 0.3 is 0 Å². The van der Waals surface area contributed by atoms with Gasteiger partial charge in [0.15, 0.2) is 0 Å². The molecule has 9 nitrogen and oxygen atoms in total. The first-order valence-corrected chi connectivity index (χ1v) is 15.7. The van der Waals surface area contributed by atoms with Gasteiger partial charge in [0.2, 0.25) is 5.91 Å². The van der Waals surface area contributed by atoms with Gasteiger partial charge in [-0.05, 0) is 91.3 Å². The molecule has 4 aromatic carbocycles. The van der Waals surface area contributed by atoms with E-state index in [0.29, 0.717) is 16.5 Å². The molecule has 4 aromatic rings. The van der Waals surface area contributed by atoms with E-state index in [0.717, 1.165) is 9.87 Å². The number of nitrogens with one attached hydrogen (secondary N) is 2. The summed E-state index contributed by atoms with van der Waals surface area (Å²) in [6, 6.07) is 22.1. The molecular formula is C28H25Cl2N3O6S2. The van der Waals surface area contributed by atoms with Crippen molar-refractivity contribution >= 4 is 66.2 Å². The summed E-state index contributed by atoms with van der Waals surface area (Å²) in [5.41, 5.74) is 1.56. The molecule has 0 radical (unpaired) electrons. The van der Waals surface area contributed by atoms with Crippen LogP contribution >= 0.6 is 23.2 Å². The Morgan fingerprint density at radius 2 is 1.46 bits per heavy atom. The van der Waals surface area contributed by atoms with Crippen molar-refractivity contribution < 1.29 is 26.4 Å². The van der Waals surface area contributed by atoms with Crippen LogP contribution in [0, 0.1) is 6.92 Å². The first kappa shape index (κ1) is 30.2. The first-order valence-electron chi connectivity index (χ1n) is 12.0. The molecule has 0 aliphatic carbocycles. The van der Waals surface area contributed by atoms with E-state index in [1.807, 2.05) is 0 Å². The second-order valence-electron chi connectivity index (χ2n) is 8.81. The highest BCUT2D eigenvalue weighted by Gasteiger charge is 2.28. The van der Waals surface area contributed by atoms with Crippen LogP contribution in [0.2, 0.25) is 10.0 Å². The number of hydrogen-bond acceptors (Lipinski definition) is 6. The molecule has 0 fully saturated rings. The number of ether oxygens (including phenoxy) is 1. The zero-order valence-electron chi connectivity index (χ0n) is 21.8. The summed E-state index contributed by atoms with van der Waals surface area (Å²) in [4.78, 5) is 12.9. The number of aryl methyl sites for hydroxylation is 1. The lowest BCUT2D eigenvalue weighted by Crippen LogP contribution is -2.38. The number of anilines is 3. The Hall–Kier alpha value is -3.77. The minimum absolute atomic E-state index is 0.0465. The summed E-state index contributed by atoms with van der Waals surface area (Å²) in [5, 5.41) is 3.32. The fourth-order valence-corrected chi connectivity index (χ4v) is 6.57. The van der Waals surface area contributed by atoms with E-state index in [2.05, 4.69) is 10.0 Å². The van der Waals surface area contributed by atoms with E-state index in [9.17, 15) is 21.6 Å². The number of nitrogens with zero attached hydrogens (tertiary/aromatic N) is 1. The van der Waals surface area contributed by atoms with Gasteiger partial charge in [0.25, 0.3) is 20.0 Å². The summed E-state index contributed by atoms with van der Waals surface area (Å²) in [6.45, 7) is 1.22. The molecule has 0 spiro atoms. The number of methoxy groups -OCH3 is 1. The van der Waals surface area contributed by atoms with Crippen LogP contribution in [0.25, 0.3) is 0 Å². The molecule has 214 valence electrons. The number of benzene rings is 4. The van der Waals surface area contributed by atoms with Crippen molar-refractivity contribution in [1.29, 1.82) is 0 Å². The third-order valence-electron chi connectivity index (χ3n) is 5.90. The van der Waals surface area contributed by atoms with E-state index < -0.39 is 32.5 Å². The molecule has 2 N–H and O–H groups in total. The lowest BCUT2D eigenvalue weighted by Gasteiger charge is -2.24. The van der Waals surface area contributed by atoms with Crippen molar-refractivity contribution in [1.82, 2.24) is 0 Å². The third kappa shape index (κ3) is 7.31. The number of hydrogen-bond donors (Lipinski definition) is 2. The van der Waals surface area contributed by atoms with Gasteiger partial charge < -0.3 is 10.1 Å². The maximum absolute atomic E-state index is 13.6. The molecule has 0 unspecified atom stereocenters. The lowest BCUT2D eigenvalue weighted by atomic mass is 10.2. The molecule has 1 amide bonds. The fraction of sp³-hybridized carbons (Fsp3) is 0.107. The van der Waals surface area contributed by atoms with Crippen LogP contribution < -0.4 is 19.1 Å². The largest absolute Gasteiger partial charge is 0.497 e. The highest BCUT2D eigenvalue weighted by atomic mass is 35.5. The van der Waals surface area contributed by atoms with Crippen molar-refractivity contribution in [3.8, 4) is 5.75 Å². The van der Waals surface area contributed by atoms with Crippen LogP contribution in [0.15, 0.2) is 101 Å². The number of amides is 1. The highest BCUT2D eigenvalue weighted by molar-refractivity contribution is 7.93. The van der Waals surface area contributed by atoms with E-state index in [1.54, 1.807) is 31.2 Å². The highest BCUT2D eigenvalue weighted by Crippen LogP contribution is 2.28. The minimum Gasteiger partial charge on any atom is -0.497 e. The number of sulfonamides is 2. The first-order chi connectivity index (χ1) is 19.4. The van der Waals surface area contributed by atoms with Crippen LogP contribution in [-0.2, 0) is 24.8 Å². The topological polar surface area (TPSA) is 122 Å². The zero-order valence-corrected chi connectivity index (χ0v) is 25.0. The summed E-state index contributed by atoms with van der Waals surface area (Å²) < 4.78 is 61.2. The standard InChI is InChI=1S/C28H25Cl2N3O6S2/c1-19-6-7-22(17-27(19)30)32-40(35,36)25-12-8-21(9-13-25)31-28(34)18-33(23-5-3-4-20(29)16-23)41(37,38)26-14-10-24(39-2)11-15-26/h3-17,32H,18H2,1-2H3,(H,31,34). The summed E-state index contributed by atoms with van der Waals surface area (Å²) in [7, 11) is -6.65. The van der Waals surface area contributed by atoms with E-state index >= 15 is 0 Å². The molecule has 0 saturated carbocycles. The second-order valence-corrected chi connectivity index (χ2v) is 13.2. The normalized spacial score (nSPS) is 11.5. The number of rotatable bonds is 10. The predicted molar refractivity (Wildman–Crippen MR) is 161 cm³/mol. The van der Waals surface area contributed by atoms with Gasteiger partial charge in [-0.3, -0.25) is 13.8 Å². The Labute approximate surface area is 248 Å². The summed E-state index contributed by atoms with van der Waals surface area (Å²) >= 11 is 12.2. The average molecular weight is 635 g/mol. The van der Waals surface area contributed by atoms with Crippen LogP contribution in [-0.4, -0.2) is 36.4 Å². The molecule has 0 aromatic heterocycles. The fourth-order valence-electron chi connectivity index (χ4n) is 3.74. The van der Waals surface area contributed by atoms with Crippen molar-refractivity contribution in [2.75, 3.05) is 28.0 Å². The van der Waals surface area contributed by atoms with Crippen molar-refractivity contribution in [2.24, 2.45) is 0 Å². The monoisotopic (exact) mass is 633 g/mol. The molecular weight excluding hydrogens is 609 g/mol. The average Bonchev–Trinajstić information content (AvgIpc) is 2.94. The number of halogens is 2. The molecule has 0 saturated heterocycles. The van der Waals surface area contributed by atoms with Crippen LogP contribution in [0.4, 0.5) is 17.1 Å². The van der Waals surface area contributed by atoms with Gasteiger partial charge in [0.1, 0.15) is 12.3 Å². The predicted octanol–water partition coefficient (Wildman–Crippen LogP) is 5.95. The Morgan fingerprint density at radius 3 is 2.07 bits per heavy atom. The zero-order chi connectivity index (χ0) is 29.8. The van der Waals surface area contributed by atoms with Gasteiger partial charge in [0, 0.05) is 15.7 Å². The lowest BCUT2D eigenvalue weighted by molar-refractivity contribution is -0.114. The maximum atomic E-state index is 13.6. The Balaban J connectivity index is 1.53. The Bertz CT molecular complexity index is 1780. The van der Waals surface area contributed by atoms with Crippen LogP contribution in [0.5, 0.6) is 5.75 Å². The third-order valence-corrected chi connectivity index (χ3v) is 9.73. The van der Waals surface area contributed by atoms with E-state index in [4.69, 9.17) is 27.9 Å². The van der Waals surface area contributed by atoms with Gasteiger partial charge in [-0.2, -0.15) is 0 Å². The van der Waals surface area contributed by atoms with Crippen molar-refractivity contribution in [3.63, 3.8) is 0 Å². The van der Waals surface area contributed by atoms with Gasteiger partial charge in [-0.15, -0.1) is 0 Å². The van der Waals surface area contributed by atoms with Crippen molar-refractivity contribution in [3.05, 3.63) is 107 Å². The van der Waals surface area contributed by atoms with Gasteiger partial charge in [-0.25, -0.2) is 16.8 Å². The maximum Gasteiger partial charge on any atom is 0.264 e.